The van der Waals surface area contributed by atoms with E-state index in [-0.39, 0.29) is 16.9 Å². The van der Waals surface area contributed by atoms with Crippen molar-refractivity contribution in [1.82, 2.24) is 14.8 Å². The quantitative estimate of drug-likeness (QED) is 0.604. The first-order valence-electron chi connectivity index (χ1n) is 8.25. The number of pyridine rings is 1. The molecule has 0 saturated heterocycles. The van der Waals surface area contributed by atoms with E-state index >= 15 is 0 Å². The number of anilines is 1. The summed E-state index contributed by atoms with van der Waals surface area (Å²) in [6.45, 7) is 0. The Morgan fingerprint density at radius 2 is 1.97 bits per heavy atom. The van der Waals surface area contributed by atoms with Gasteiger partial charge in [0.2, 0.25) is 5.75 Å². The first-order valence-corrected chi connectivity index (χ1v) is 9.04. The van der Waals surface area contributed by atoms with E-state index in [1.165, 1.54) is 38.3 Å². The summed E-state index contributed by atoms with van der Waals surface area (Å²) in [5, 5.41) is 16.3. The summed E-state index contributed by atoms with van der Waals surface area (Å²) in [4.78, 5) is 17.3. The summed E-state index contributed by atoms with van der Waals surface area (Å²) in [6.07, 6.45) is 2.94. The number of nitrogens with one attached hydrogen (secondary N) is 1. The second kappa shape index (κ2) is 8.62. The van der Waals surface area contributed by atoms with Gasteiger partial charge in [-0.2, -0.15) is 15.0 Å². The van der Waals surface area contributed by atoms with Gasteiger partial charge in [-0.05, 0) is 34.1 Å². The lowest BCUT2D eigenvalue weighted by Gasteiger charge is -2.16. The third kappa shape index (κ3) is 3.72. The number of ether oxygens (including phenoxy) is 3. The van der Waals surface area contributed by atoms with Crippen LogP contribution < -0.4 is 19.5 Å². The first kappa shape index (κ1) is 20.2. The van der Waals surface area contributed by atoms with Crippen molar-refractivity contribution in [1.29, 1.82) is 5.26 Å². The maximum atomic E-state index is 13.1. The van der Waals surface area contributed by atoms with E-state index in [0.29, 0.717) is 27.5 Å². The van der Waals surface area contributed by atoms with Crippen LogP contribution >= 0.6 is 15.9 Å². The molecular formula is C19H16BrN5O4. The predicted molar refractivity (Wildman–Crippen MR) is 108 cm³/mol. The Balaban J connectivity index is 2.07. The molecular weight excluding hydrogens is 442 g/mol. The van der Waals surface area contributed by atoms with Crippen LogP contribution in [0, 0.1) is 11.3 Å². The van der Waals surface area contributed by atoms with Crippen molar-refractivity contribution in [3.8, 4) is 29.1 Å². The molecule has 0 bridgehead atoms. The van der Waals surface area contributed by atoms with E-state index in [0.717, 1.165) is 0 Å². The van der Waals surface area contributed by atoms with Crippen molar-refractivity contribution < 1.29 is 19.0 Å². The van der Waals surface area contributed by atoms with Crippen molar-refractivity contribution in [3.05, 3.63) is 52.3 Å². The highest BCUT2D eigenvalue weighted by Crippen LogP contribution is 2.44. The lowest BCUT2D eigenvalue weighted by Crippen LogP contribution is -2.17. The zero-order valence-electron chi connectivity index (χ0n) is 15.8. The Morgan fingerprint density at radius 1 is 1.21 bits per heavy atom. The normalized spacial score (nSPS) is 10.2. The van der Waals surface area contributed by atoms with Crippen molar-refractivity contribution >= 4 is 27.7 Å². The van der Waals surface area contributed by atoms with Crippen LogP contribution in [-0.2, 0) is 0 Å². The second-order valence-corrected chi connectivity index (χ2v) is 6.37. The van der Waals surface area contributed by atoms with Gasteiger partial charge in [0.1, 0.15) is 11.6 Å². The number of rotatable bonds is 6. The number of carbonyl (C=O) groups is 1. The van der Waals surface area contributed by atoms with Gasteiger partial charge in [-0.15, -0.1) is 0 Å². The SMILES string of the molecule is COc1cc(C(=O)Nc2c(C#N)cnn2-c2ccccn2)c(Br)c(OC)c1OC. The third-order valence-electron chi connectivity index (χ3n) is 4.00. The summed E-state index contributed by atoms with van der Waals surface area (Å²) in [6, 6.07) is 8.76. The Bertz CT molecular complexity index is 1090. The van der Waals surface area contributed by atoms with Gasteiger partial charge in [-0.25, -0.2) is 4.98 Å². The van der Waals surface area contributed by atoms with E-state index in [4.69, 9.17) is 14.2 Å². The van der Waals surface area contributed by atoms with E-state index in [1.807, 2.05) is 6.07 Å². The number of nitrogens with zero attached hydrogens (tertiary/aromatic N) is 4. The monoisotopic (exact) mass is 457 g/mol. The zero-order chi connectivity index (χ0) is 21.0. The van der Waals surface area contributed by atoms with Gasteiger partial charge in [-0.1, -0.05) is 6.07 Å². The summed E-state index contributed by atoms with van der Waals surface area (Å²) < 4.78 is 17.7. The molecule has 0 radical (unpaired) electrons. The lowest BCUT2D eigenvalue weighted by molar-refractivity contribution is 0.102. The number of hydrogen-bond donors (Lipinski definition) is 1. The molecule has 2 aromatic heterocycles. The minimum absolute atomic E-state index is 0.188. The van der Waals surface area contributed by atoms with Crippen LogP contribution in [0.25, 0.3) is 5.82 Å². The Hall–Kier alpha value is -3.58. The van der Waals surface area contributed by atoms with Gasteiger partial charge in [0.15, 0.2) is 23.1 Å². The summed E-state index contributed by atoms with van der Waals surface area (Å²) in [5.74, 6) is 1.09. The Labute approximate surface area is 175 Å². The number of nitriles is 1. The standard InChI is InChI=1S/C19H16BrN5O4/c1-27-13-8-12(15(20)17(29-3)16(13)28-2)19(26)24-18-11(9-21)10-23-25(18)14-6-4-5-7-22-14/h4-8,10H,1-3H3,(H,24,26). The molecule has 0 aliphatic rings. The van der Waals surface area contributed by atoms with Gasteiger partial charge < -0.3 is 19.5 Å². The minimum atomic E-state index is -0.509. The second-order valence-electron chi connectivity index (χ2n) is 5.58. The molecule has 3 rings (SSSR count). The molecule has 1 aromatic carbocycles. The largest absolute Gasteiger partial charge is 0.493 e. The molecule has 148 valence electrons. The molecule has 0 aliphatic carbocycles. The minimum Gasteiger partial charge on any atom is -0.493 e. The molecule has 29 heavy (non-hydrogen) atoms. The molecule has 10 heteroatoms. The molecule has 1 amide bonds. The predicted octanol–water partition coefficient (Wildman–Crippen LogP) is 3.18. The highest BCUT2D eigenvalue weighted by Gasteiger charge is 2.24. The average molecular weight is 458 g/mol. The molecule has 0 fully saturated rings. The number of carbonyl (C=O) groups excluding carboxylic acids is 1. The smallest absolute Gasteiger partial charge is 0.258 e. The molecule has 1 N–H and O–H groups in total. The van der Waals surface area contributed by atoms with Crippen LogP contribution in [-0.4, -0.2) is 42.0 Å². The number of hydrogen-bond acceptors (Lipinski definition) is 7. The molecule has 0 unspecified atom stereocenters. The molecule has 0 spiro atoms. The number of aromatic nitrogens is 3. The van der Waals surface area contributed by atoms with Gasteiger partial charge in [0, 0.05) is 6.20 Å². The summed E-state index contributed by atoms with van der Waals surface area (Å²) in [5.41, 5.74) is 0.407. The van der Waals surface area contributed by atoms with Crippen LogP contribution in [0.5, 0.6) is 17.2 Å². The topological polar surface area (TPSA) is 111 Å². The van der Waals surface area contributed by atoms with E-state index in [9.17, 15) is 10.1 Å². The van der Waals surface area contributed by atoms with Gasteiger partial charge >= 0.3 is 0 Å². The maximum Gasteiger partial charge on any atom is 0.258 e. The molecule has 0 aliphatic heterocycles. The van der Waals surface area contributed by atoms with Crippen LogP contribution in [0.1, 0.15) is 15.9 Å². The molecule has 2 heterocycles. The van der Waals surface area contributed by atoms with Crippen LogP contribution in [0.4, 0.5) is 5.82 Å². The van der Waals surface area contributed by atoms with Crippen molar-refractivity contribution in [2.24, 2.45) is 0 Å². The van der Waals surface area contributed by atoms with Gasteiger partial charge in [-0.3, -0.25) is 4.79 Å². The van der Waals surface area contributed by atoms with Crippen LogP contribution in [0.15, 0.2) is 41.1 Å². The van der Waals surface area contributed by atoms with Crippen LogP contribution in [0.2, 0.25) is 0 Å². The summed E-state index contributed by atoms with van der Waals surface area (Å²) >= 11 is 3.38. The van der Waals surface area contributed by atoms with E-state index in [2.05, 4.69) is 31.3 Å². The Kier molecular flexibility index (Phi) is 5.99. The number of amides is 1. The molecule has 3 aromatic rings. The fourth-order valence-electron chi connectivity index (χ4n) is 2.66. The molecule has 0 saturated carbocycles. The van der Waals surface area contributed by atoms with Crippen molar-refractivity contribution in [2.75, 3.05) is 26.6 Å². The fraction of sp³-hybridized carbons (Fsp3) is 0.158. The molecule has 9 nitrogen and oxygen atoms in total. The highest BCUT2D eigenvalue weighted by molar-refractivity contribution is 9.10. The van der Waals surface area contributed by atoms with E-state index in [1.54, 1.807) is 24.4 Å². The van der Waals surface area contributed by atoms with Crippen molar-refractivity contribution in [3.63, 3.8) is 0 Å². The van der Waals surface area contributed by atoms with Gasteiger partial charge in [0.05, 0.1) is 37.6 Å². The number of benzene rings is 1. The summed E-state index contributed by atoms with van der Waals surface area (Å²) in [7, 11) is 4.38. The zero-order valence-corrected chi connectivity index (χ0v) is 17.3. The van der Waals surface area contributed by atoms with Gasteiger partial charge in [0.25, 0.3) is 5.91 Å². The Morgan fingerprint density at radius 3 is 2.55 bits per heavy atom. The fourth-order valence-corrected chi connectivity index (χ4v) is 3.30. The van der Waals surface area contributed by atoms with E-state index < -0.39 is 5.91 Å². The van der Waals surface area contributed by atoms with Crippen molar-refractivity contribution in [2.45, 2.75) is 0 Å². The number of methoxy groups -OCH3 is 3. The lowest BCUT2D eigenvalue weighted by atomic mass is 10.1. The first-order chi connectivity index (χ1) is 14.0. The average Bonchev–Trinajstić information content (AvgIpc) is 3.16. The number of halogens is 1. The molecule has 0 atom stereocenters. The highest BCUT2D eigenvalue weighted by atomic mass is 79.9. The third-order valence-corrected chi connectivity index (χ3v) is 4.79. The maximum absolute atomic E-state index is 13.1. The van der Waals surface area contributed by atoms with Crippen LogP contribution in [0.3, 0.4) is 0 Å².